The van der Waals surface area contributed by atoms with Crippen LogP contribution in [0.25, 0.3) is 0 Å². The van der Waals surface area contributed by atoms with Gasteiger partial charge in [-0.2, -0.15) is 0 Å². The second-order valence-electron chi connectivity index (χ2n) is 5.47. The maximum Gasteiger partial charge on any atom is 0.514 e. The largest absolute Gasteiger partial charge is 0.514 e. The number of carbonyl (C=O) groups is 1. The van der Waals surface area contributed by atoms with Gasteiger partial charge in [0, 0.05) is 0 Å². The van der Waals surface area contributed by atoms with Gasteiger partial charge >= 0.3 is 6.16 Å². The summed E-state index contributed by atoms with van der Waals surface area (Å²) in [6.45, 7) is 4.15. The number of carbonyl (C=O) groups excluding carboxylic acids is 1. The summed E-state index contributed by atoms with van der Waals surface area (Å²) >= 11 is 0. The van der Waals surface area contributed by atoms with E-state index in [1.807, 2.05) is 55.5 Å². The Hall–Kier alpha value is -2.29. The molecule has 0 bridgehead atoms. The number of hydrogen-bond acceptors (Lipinski definition) is 3. The lowest BCUT2D eigenvalue weighted by molar-refractivity contribution is 0.0528. The molecular weight excluding hydrogens is 288 g/mol. The molecule has 0 aromatic heterocycles. The molecule has 0 spiro atoms. The first-order valence-corrected chi connectivity index (χ1v) is 8.25. The molecule has 1 atom stereocenters. The molecular formula is C20H24O3. The SMILES string of the molecule is CCCCC(OC(=O)Oc1ccccc1CC)c1ccccc1. The standard InChI is InChI=1S/C20H24O3/c1-3-5-14-19(17-12-7-6-8-13-17)23-20(21)22-18-15-10-9-11-16(18)4-2/h6-13,15,19H,3-5,14H2,1-2H3. The molecule has 0 heterocycles. The van der Waals surface area contributed by atoms with Crippen LogP contribution in [0.5, 0.6) is 5.75 Å². The number of para-hydroxylation sites is 1. The van der Waals surface area contributed by atoms with Gasteiger partial charge in [0.1, 0.15) is 11.9 Å². The molecule has 0 saturated carbocycles. The number of rotatable bonds is 7. The molecule has 1 unspecified atom stereocenters. The van der Waals surface area contributed by atoms with Crippen LogP contribution in [-0.2, 0) is 11.2 Å². The van der Waals surface area contributed by atoms with E-state index in [2.05, 4.69) is 6.92 Å². The molecule has 0 aliphatic rings. The zero-order chi connectivity index (χ0) is 16.5. The van der Waals surface area contributed by atoms with Gasteiger partial charge in [-0.05, 0) is 36.5 Å². The highest BCUT2D eigenvalue weighted by atomic mass is 16.7. The first kappa shape index (κ1) is 17.1. The normalized spacial score (nSPS) is 11.7. The van der Waals surface area contributed by atoms with Crippen LogP contribution in [0, 0.1) is 0 Å². The maximum absolute atomic E-state index is 12.2. The van der Waals surface area contributed by atoms with Crippen LogP contribution < -0.4 is 4.74 Å². The van der Waals surface area contributed by atoms with Gasteiger partial charge in [0.25, 0.3) is 0 Å². The Morgan fingerprint density at radius 3 is 2.39 bits per heavy atom. The minimum absolute atomic E-state index is 0.266. The highest BCUT2D eigenvalue weighted by Gasteiger charge is 2.18. The lowest BCUT2D eigenvalue weighted by atomic mass is 10.0. The lowest BCUT2D eigenvalue weighted by Crippen LogP contribution is -2.16. The predicted octanol–water partition coefficient (Wildman–Crippen LogP) is 5.70. The minimum Gasteiger partial charge on any atom is -0.426 e. The molecule has 122 valence electrons. The molecule has 2 aromatic rings. The zero-order valence-electron chi connectivity index (χ0n) is 13.8. The van der Waals surface area contributed by atoms with E-state index in [1.54, 1.807) is 6.07 Å². The molecule has 0 N–H and O–H groups in total. The summed E-state index contributed by atoms with van der Waals surface area (Å²) in [5, 5.41) is 0. The van der Waals surface area contributed by atoms with Crippen molar-refractivity contribution in [3.63, 3.8) is 0 Å². The van der Waals surface area contributed by atoms with Crippen LogP contribution in [0.3, 0.4) is 0 Å². The lowest BCUT2D eigenvalue weighted by Gasteiger charge is -2.18. The second-order valence-corrected chi connectivity index (χ2v) is 5.47. The summed E-state index contributed by atoms with van der Waals surface area (Å²) in [6, 6.07) is 17.4. The third kappa shape index (κ3) is 5.13. The molecule has 0 saturated heterocycles. The van der Waals surface area contributed by atoms with Gasteiger partial charge in [-0.1, -0.05) is 68.8 Å². The number of hydrogen-bond donors (Lipinski definition) is 0. The Kier molecular flexibility index (Phi) is 6.67. The molecule has 2 aromatic carbocycles. The highest BCUT2D eigenvalue weighted by Crippen LogP contribution is 2.25. The first-order valence-electron chi connectivity index (χ1n) is 8.25. The van der Waals surface area contributed by atoms with Crippen molar-refractivity contribution in [2.75, 3.05) is 0 Å². The zero-order valence-corrected chi connectivity index (χ0v) is 13.8. The van der Waals surface area contributed by atoms with Crippen molar-refractivity contribution in [2.45, 2.75) is 45.6 Å². The highest BCUT2D eigenvalue weighted by molar-refractivity contribution is 5.65. The topological polar surface area (TPSA) is 35.5 Å². The number of aryl methyl sites for hydroxylation is 1. The van der Waals surface area contributed by atoms with E-state index in [0.717, 1.165) is 36.8 Å². The van der Waals surface area contributed by atoms with Crippen molar-refractivity contribution >= 4 is 6.16 Å². The van der Waals surface area contributed by atoms with Crippen LogP contribution in [0.15, 0.2) is 54.6 Å². The maximum atomic E-state index is 12.2. The summed E-state index contributed by atoms with van der Waals surface area (Å²) in [4.78, 5) is 12.2. The van der Waals surface area contributed by atoms with Crippen molar-refractivity contribution in [1.29, 1.82) is 0 Å². The number of benzene rings is 2. The predicted molar refractivity (Wildman–Crippen MR) is 91.6 cm³/mol. The molecule has 0 fully saturated rings. The molecule has 0 radical (unpaired) electrons. The van der Waals surface area contributed by atoms with Crippen molar-refractivity contribution in [1.82, 2.24) is 0 Å². The minimum atomic E-state index is -0.643. The average Bonchev–Trinajstić information content (AvgIpc) is 2.59. The smallest absolute Gasteiger partial charge is 0.426 e. The van der Waals surface area contributed by atoms with E-state index >= 15 is 0 Å². The summed E-state index contributed by atoms with van der Waals surface area (Å²) in [5.41, 5.74) is 2.00. The van der Waals surface area contributed by atoms with Crippen molar-refractivity contribution in [2.24, 2.45) is 0 Å². The van der Waals surface area contributed by atoms with E-state index in [1.165, 1.54) is 0 Å². The van der Waals surface area contributed by atoms with Crippen LogP contribution in [-0.4, -0.2) is 6.16 Å². The second kappa shape index (κ2) is 8.99. The van der Waals surface area contributed by atoms with Gasteiger partial charge in [0.2, 0.25) is 0 Å². The van der Waals surface area contributed by atoms with Crippen molar-refractivity contribution in [3.05, 3.63) is 65.7 Å². The fraction of sp³-hybridized carbons (Fsp3) is 0.350. The quantitative estimate of drug-likeness (QED) is 0.486. The Balaban J connectivity index is 2.05. The Morgan fingerprint density at radius 1 is 1.00 bits per heavy atom. The van der Waals surface area contributed by atoms with Crippen LogP contribution in [0.4, 0.5) is 4.79 Å². The third-order valence-electron chi connectivity index (χ3n) is 3.78. The summed E-state index contributed by atoms with van der Waals surface area (Å²) in [5.74, 6) is 0.572. The van der Waals surface area contributed by atoms with Crippen LogP contribution in [0.2, 0.25) is 0 Å². The van der Waals surface area contributed by atoms with E-state index in [-0.39, 0.29) is 6.10 Å². The van der Waals surface area contributed by atoms with Gasteiger partial charge in [0.15, 0.2) is 0 Å². The van der Waals surface area contributed by atoms with Gasteiger partial charge in [-0.3, -0.25) is 0 Å². The first-order chi connectivity index (χ1) is 11.2. The fourth-order valence-electron chi connectivity index (χ4n) is 2.48. The van der Waals surface area contributed by atoms with Gasteiger partial charge in [-0.25, -0.2) is 4.79 Å². The molecule has 0 aliphatic heterocycles. The molecule has 23 heavy (non-hydrogen) atoms. The van der Waals surface area contributed by atoms with Crippen molar-refractivity contribution in [3.8, 4) is 5.75 Å². The molecule has 3 heteroatoms. The monoisotopic (exact) mass is 312 g/mol. The van der Waals surface area contributed by atoms with Gasteiger partial charge in [-0.15, -0.1) is 0 Å². The summed E-state index contributed by atoms with van der Waals surface area (Å²) in [7, 11) is 0. The van der Waals surface area contributed by atoms with E-state index in [0.29, 0.717) is 5.75 Å². The number of unbranched alkanes of at least 4 members (excludes halogenated alkanes) is 1. The average molecular weight is 312 g/mol. The van der Waals surface area contributed by atoms with Crippen LogP contribution >= 0.6 is 0 Å². The number of ether oxygens (including phenoxy) is 2. The molecule has 0 aliphatic carbocycles. The van der Waals surface area contributed by atoms with E-state index in [9.17, 15) is 4.79 Å². The molecule has 2 rings (SSSR count). The molecule has 0 amide bonds. The third-order valence-corrected chi connectivity index (χ3v) is 3.78. The van der Waals surface area contributed by atoms with Gasteiger partial charge < -0.3 is 9.47 Å². The molecule has 3 nitrogen and oxygen atoms in total. The summed E-state index contributed by atoms with van der Waals surface area (Å²) < 4.78 is 11.0. The Labute approximate surface area is 138 Å². The summed E-state index contributed by atoms with van der Waals surface area (Å²) in [6.07, 6.45) is 2.75. The van der Waals surface area contributed by atoms with E-state index < -0.39 is 6.16 Å². The Morgan fingerprint density at radius 2 is 1.70 bits per heavy atom. The fourth-order valence-corrected chi connectivity index (χ4v) is 2.48. The van der Waals surface area contributed by atoms with Gasteiger partial charge in [0.05, 0.1) is 0 Å². The van der Waals surface area contributed by atoms with E-state index in [4.69, 9.17) is 9.47 Å². The van der Waals surface area contributed by atoms with Crippen LogP contribution in [0.1, 0.15) is 50.3 Å². The van der Waals surface area contributed by atoms with Crippen molar-refractivity contribution < 1.29 is 14.3 Å². The Bertz CT molecular complexity index is 607.